The zero-order valence-corrected chi connectivity index (χ0v) is 19.4. The first-order valence-corrected chi connectivity index (χ1v) is 11.2. The van der Waals surface area contributed by atoms with Crippen molar-refractivity contribution in [1.29, 1.82) is 0 Å². The highest BCUT2D eigenvalue weighted by Crippen LogP contribution is 2.20. The molecule has 1 rings (SSSR count). The Labute approximate surface area is 197 Å². The maximum Gasteiger partial charge on any atom is 0.326 e. The lowest BCUT2D eigenvalue weighted by Crippen LogP contribution is -2.57. The van der Waals surface area contributed by atoms with E-state index in [1.165, 1.54) is 4.90 Å². The molecular formula is C21H34N4O9. The molecular weight excluding hydrogens is 452 g/mol. The second-order valence-corrected chi connectivity index (χ2v) is 8.75. The quantitative estimate of drug-likeness (QED) is 0.178. The van der Waals surface area contributed by atoms with E-state index in [0.29, 0.717) is 12.8 Å². The Morgan fingerprint density at radius 3 is 2.00 bits per heavy atom. The molecule has 13 nitrogen and oxygen atoms in total. The number of nitrogens with two attached hydrogens (primary N) is 1. The first-order valence-electron chi connectivity index (χ1n) is 11.2. The molecule has 7 N–H and O–H groups in total. The Balaban J connectivity index is 2.99. The molecule has 34 heavy (non-hydrogen) atoms. The van der Waals surface area contributed by atoms with Crippen molar-refractivity contribution in [2.75, 3.05) is 6.54 Å². The molecule has 0 aromatic heterocycles. The summed E-state index contributed by atoms with van der Waals surface area (Å²) in [6.07, 6.45) is -0.293. The Morgan fingerprint density at radius 2 is 1.47 bits per heavy atom. The van der Waals surface area contributed by atoms with Gasteiger partial charge >= 0.3 is 17.9 Å². The van der Waals surface area contributed by atoms with E-state index in [2.05, 4.69) is 10.6 Å². The summed E-state index contributed by atoms with van der Waals surface area (Å²) in [4.78, 5) is 72.8. The number of carboxylic acid groups (broad SMARTS) is 3. The smallest absolute Gasteiger partial charge is 0.326 e. The maximum absolute atomic E-state index is 13.1. The van der Waals surface area contributed by atoms with Crippen LogP contribution in [0.3, 0.4) is 0 Å². The molecule has 0 spiro atoms. The Kier molecular flexibility index (Phi) is 11.4. The van der Waals surface area contributed by atoms with Gasteiger partial charge in [-0.3, -0.25) is 24.0 Å². The predicted molar refractivity (Wildman–Crippen MR) is 117 cm³/mol. The summed E-state index contributed by atoms with van der Waals surface area (Å²) in [6.45, 7) is 3.87. The van der Waals surface area contributed by atoms with Gasteiger partial charge < -0.3 is 36.6 Å². The highest BCUT2D eigenvalue weighted by Gasteiger charge is 2.38. The van der Waals surface area contributed by atoms with Crippen LogP contribution in [0, 0.1) is 5.92 Å². The van der Waals surface area contributed by atoms with Crippen LogP contribution in [0.4, 0.5) is 0 Å². The van der Waals surface area contributed by atoms with E-state index in [1.807, 2.05) is 13.8 Å². The van der Waals surface area contributed by atoms with Crippen molar-refractivity contribution in [2.45, 2.75) is 83.0 Å². The van der Waals surface area contributed by atoms with Gasteiger partial charge in [-0.2, -0.15) is 0 Å². The second-order valence-electron chi connectivity index (χ2n) is 8.75. The van der Waals surface area contributed by atoms with Crippen LogP contribution in [0.1, 0.15) is 58.8 Å². The summed E-state index contributed by atoms with van der Waals surface area (Å²) >= 11 is 0. The van der Waals surface area contributed by atoms with E-state index in [-0.39, 0.29) is 38.1 Å². The summed E-state index contributed by atoms with van der Waals surface area (Å²) in [5.74, 6) is -5.75. The van der Waals surface area contributed by atoms with Crippen molar-refractivity contribution in [3.05, 3.63) is 0 Å². The molecule has 4 unspecified atom stereocenters. The molecule has 0 aliphatic carbocycles. The number of carboxylic acids is 3. The van der Waals surface area contributed by atoms with Crippen molar-refractivity contribution < 1.29 is 44.1 Å². The number of hydrogen-bond acceptors (Lipinski definition) is 7. The summed E-state index contributed by atoms with van der Waals surface area (Å²) < 4.78 is 0. The van der Waals surface area contributed by atoms with Crippen LogP contribution in [0.5, 0.6) is 0 Å². The standard InChI is InChI=1S/C21H34N4O9/c1-11(2)10-14(20(32)25-9-3-4-15(25)21(33)34)24-19(31)13(6-8-17(28)29)23-18(30)12(22)5-7-16(26)27/h11-15H,3-10,22H2,1-2H3,(H,23,30)(H,24,31)(H,26,27)(H,28,29)(H,33,34). The predicted octanol–water partition coefficient (Wildman–Crippen LogP) is -0.865. The lowest BCUT2D eigenvalue weighted by Gasteiger charge is -2.29. The minimum absolute atomic E-state index is 0.0448. The highest BCUT2D eigenvalue weighted by atomic mass is 16.4. The van der Waals surface area contributed by atoms with Crippen molar-refractivity contribution in [3.8, 4) is 0 Å². The van der Waals surface area contributed by atoms with Crippen LogP contribution in [-0.2, 0) is 28.8 Å². The van der Waals surface area contributed by atoms with Gasteiger partial charge in [-0.15, -0.1) is 0 Å². The number of rotatable bonds is 14. The van der Waals surface area contributed by atoms with E-state index in [1.54, 1.807) is 0 Å². The number of nitrogens with one attached hydrogen (secondary N) is 2. The van der Waals surface area contributed by atoms with Crippen LogP contribution in [-0.4, -0.2) is 86.6 Å². The van der Waals surface area contributed by atoms with Gasteiger partial charge in [-0.25, -0.2) is 4.79 Å². The zero-order valence-electron chi connectivity index (χ0n) is 19.4. The first-order chi connectivity index (χ1) is 15.8. The van der Waals surface area contributed by atoms with Gasteiger partial charge in [-0.1, -0.05) is 13.8 Å². The zero-order chi connectivity index (χ0) is 26.0. The van der Waals surface area contributed by atoms with E-state index in [9.17, 15) is 33.9 Å². The fraction of sp³-hybridized carbons (Fsp3) is 0.714. The molecule has 1 fully saturated rings. The fourth-order valence-electron chi connectivity index (χ4n) is 3.68. The summed E-state index contributed by atoms with van der Waals surface area (Å²) in [6, 6.07) is -4.63. The number of amides is 3. The average Bonchev–Trinajstić information content (AvgIpc) is 3.23. The molecule has 0 aromatic rings. The maximum atomic E-state index is 13.1. The summed E-state index contributed by atoms with van der Waals surface area (Å²) in [5, 5.41) is 32.0. The van der Waals surface area contributed by atoms with E-state index >= 15 is 0 Å². The van der Waals surface area contributed by atoms with Gasteiger partial charge in [0.2, 0.25) is 17.7 Å². The Bertz CT molecular complexity index is 786. The van der Waals surface area contributed by atoms with Gasteiger partial charge in [0.15, 0.2) is 0 Å². The molecule has 0 radical (unpaired) electrons. The monoisotopic (exact) mass is 486 g/mol. The molecule has 1 heterocycles. The van der Waals surface area contributed by atoms with Crippen LogP contribution in [0.15, 0.2) is 0 Å². The number of nitrogens with zero attached hydrogens (tertiary/aromatic N) is 1. The van der Waals surface area contributed by atoms with E-state index in [0.717, 1.165) is 0 Å². The number of carbonyl (C=O) groups is 6. The lowest BCUT2D eigenvalue weighted by atomic mass is 10.0. The van der Waals surface area contributed by atoms with Crippen LogP contribution in [0.25, 0.3) is 0 Å². The third-order valence-electron chi connectivity index (χ3n) is 5.43. The van der Waals surface area contributed by atoms with Gasteiger partial charge in [0.1, 0.15) is 18.1 Å². The molecule has 1 aliphatic rings. The van der Waals surface area contributed by atoms with E-state index < -0.39 is 66.2 Å². The molecule has 0 bridgehead atoms. The minimum atomic E-state index is -1.34. The van der Waals surface area contributed by atoms with Crippen molar-refractivity contribution >= 4 is 35.6 Å². The van der Waals surface area contributed by atoms with Crippen molar-refractivity contribution in [1.82, 2.24) is 15.5 Å². The number of carbonyl (C=O) groups excluding carboxylic acids is 3. The van der Waals surface area contributed by atoms with Gasteiger partial charge in [0.25, 0.3) is 0 Å². The third kappa shape index (κ3) is 9.33. The van der Waals surface area contributed by atoms with Gasteiger partial charge in [0.05, 0.1) is 6.04 Å². The largest absolute Gasteiger partial charge is 0.481 e. The van der Waals surface area contributed by atoms with E-state index in [4.69, 9.17) is 15.9 Å². The molecule has 4 atom stereocenters. The molecule has 1 saturated heterocycles. The molecule has 1 aliphatic heterocycles. The summed E-state index contributed by atoms with van der Waals surface area (Å²) in [5.41, 5.74) is 5.67. The highest BCUT2D eigenvalue weighted by molar-refractivity contribution is 5.94. The number of likely N-dealkylation sites (tertiary alicyclic amines) is 1. The van der Waals surface area contributed by atoms with Gasteiger partial charge in [-0.05, 0) is 38.0 Å². The molecule has 3 amide bonds. The lowest BCUT2D eigenvalue weighted by molar-refractivity contribution is -0.149. The van der Waals surface area contributed by atoms with Crippen molar-refractivity contribution in [3.63, 3.8) is 0 Å². The van der Waals surface area contributed by atoms with Gasteiger partial charge in [0, 0.05) is 19.4 Å². The molecule has 0 saturated carbocycles. The molecule has 0 aromatic carbocycles. The van der Waals surface area contributed by atoms with Crippen LogP contribution in [0.2, 0.25) is 0 Å². The second kappa shape index (κ2) is 13.5. The molecule has 192 valence electrons. The SMILES string of the molecule is CC(C)CC(NC(=O)C(CCC(=O)O)NC(=O)C(N)CCC(=O)O)C(=O)N1CCCC1C(=O)O. The summed E-state index contributed by atoms with van der Waals surface area (Å²) in [7, 11) is 0. The molecule has 13 heteroatoms. The number of aliphatic carboxylic acids is 3. The Morgan fingerprint density at radius 1 is 0.912 bits per heavy atom. The average molecular weight is 487 g/mol. The van der Waals surface area contributed by atoms with Crippen LogP contribution < -0.4 is 16.4 Å². The van der Waals surface area contributed by atoms with Crippen molar-refractivity contribution in [2.24, 2.45) is 11.7 Å². The topological polar surface area (TPSA) is 216 Å². The first kappa shape index (κ1) is 28.8. The van der Waals surface area contributed by atoms with Crippen LogP contribution >= 0.6 is 0 Å². The number of hydrogen-bond donors (Lipinski definition) is 6. The Hall–Kier alpha value is -3.22. The normalized spacial score (nSPS) is 18.1. The minimum Gasteiger partial charge on any atom is -0.481 e. The fourth-order valence-corrected chi connectivity index (χ4v) is 3.68. The third-order valence-corrected chi connectivity index (χ3v) is 5.43.